The fraction of sp³-hybridized carbons (Fsp3) is 0.600. The van der Waals surface area contributed by atoms with Crippen LogP contribution in [0.1, 0.15) is 18.4 Å². The SMILES string of the molecule is Cc1ccc(OCC(O)CNCC2CC(O)C2)c(Br)c1. The summed E-state index contributed by atoms with van der Waals surface area (Å²) in [4.78, 5) is 0. The molecule has 1 atom stereocenters. The first-order valence-electron chi connectivity index (χ1n) is 7.00. The molecule has 1 aromatic rings. The Labute approximate surface area is 128 Å². The number of rotatable bonds is 7. The summed E-state index contributed by atoms with van der Waals surface area (Å²) in [5, 5.41) is 22.3. The van der Waals surface area contributed by atoms with Crippen LogP contribution in [0, 0.1) is 12.8 Å². The van der Waals surface area contributed by atoms with Crippen molar-refractivity contribution in [2.24, 2.45) is 5.92 Å². The van der Waals surface area contributed by atoms with Crippen molar-refractivity contribution in [2.45, 2.75) is 32.0 Å². The fourth-order valence-electron chi connectivity index (χ4n) is 2.29. The van der Waals surface area contributed by atoms with Crippen molar-refractivity contribution in [1.82, 2.24) is 5.32 Å². The van der Waals surface area contributed by atoms with E-state index in [-0.39, 0.29) is 12.7 Å². The van der Waals surface area contributed by atoms with Gasteiger partial charge in [0.1, 0.15) is 18.5 Å². The minimum atomic E-state index is -0.534. The lowest BCUT2D eigenvalue weighted by atomic mass is 9.82. The summed E-state index contributed by atoms with van der Waals surface area (Å²) in [7, 11) is 0. The average molecular weight is 344 g/mol. The number of benzene rings is 1. The highest BCUT2D eigenvalue weighted by atomic mass is 79.9. The molecule has 1 aliphatic rings. The van der Waals surface area contributed by atoms with Crippen LogP contribution in [0.4, 0.5) is 0 Å². The summed E-state index contributed by atoms with van der Waals surface area (Å²) in [6, 6.07) is 5.86. The number of ether oxygens (including phenoxy) is 1. The molecule has 0 saturated heterocycles. The molecule has 1 saturated carbocycles. The Morgan fingerprint density at radius 1 is 1.45 bits per heavy atom. The maximum absolute atomic E-state index is 9.86. The van der Waals surface area contributed by atoms with Crippen molar-refractivity contribution in [1.29, 1.82) is 0 Å². The third-order valence-corrected chi connectivity index (χ3v) is 4.16. The van der Waals surface area contributed by atoms with Gasteiger partial charge in [-0.15, -0.1) is 0 Å². The second-order valence-corrected chi connectivity index (χ2v) is 6.40. The summed E-state index contributed by atoms with van der Waals surface area (Å²) in [6.07, 6.45) is 1.09. The molecule has 1 aliphatic carbocycles. The van der Waals surface area contributed by atoms with E-state index >= 15 is 0 Å². The van der Waals surface area contributed by atoms with Crippen LogP contribution in [-0.2, 0) is 0 Å². The lowest BCUT2D eigenvalue weighted by molar-refractivity contribution is 0.0400. The number of hydrogen-bond donors (Lipinski definition) is 3. The molecule has 1 fully saturated rings. The first-order chi connectivity index (χ1) is 9.54. The van der Waals surface area contributed by atoms with Crippen LogP contribution in [0.3, 0.4) is 0 Å². The topological polar surface area (TPSA) is 61.7 Å². The highest BCUT2D eigenvalue weighted by Gasteiger charge is 2.26. The molecule has 20 heavy (non-hydrogen) atoms. The first kappa shape index (κ1) is 15.8. The second kappa shape index (κ2) is 7.41. The van der Waals surface area contributed by atoms with Gasteiger partial charge in [0, 0.05) is 6.54 Å². The first-order valence-corrected chi connectivity index (χ1v) is 7.79. The van der Waals surface area contributed by atoms with E-state index in [4.69, 9.17) is 4.74 Å². The third kappa shape index (κ3) is 4.74. The number of aryl methyl sites for hydroxylation is 1. The Kier molecular flexibility index (Phi) is 5.84. The van der Waals surface area contributed by atoms with Crippen molar-refractivity contribution < 1.29 is 14.9 Å². The molecule has 1 unspecified atom stereocenters. The van der Waals surface area contributed by atoms with Gasteiger partial charge in [-0.3, -0.25) is 0 Å². The Bertz CT molecular complexity index is 435. The van der Waals surface area contributed by atoms with Gasteiger partial charge in [-0.2, -0.15) is 0 Å². The van der Waals surface area contributed by atoms with Gasteiger partial charge in [-0.25, -0.2) is 0 Å². The molecule has 3 N–H and O–H groups in total. The Morgan fingerprint density at radius 2 is 2.20 bits per heavy atom. The smallest absolute Gasteiger partial charge is 0.133 e. The van der Waals surface area contributed by atoms with Crippen LogP contribution in [0.5, 0.6) is 5.75 Å². The van der Waals surface area contributed by atoms with Gasteiger partial charge in [0.2, 0.25) is 0 Å². The minimum Gasteiger partial charge on any atom is -0.490 e. The van der Waals surface area contributed by atoms with Crippen LogP contribution in [0.25, 0.3) is 0 Å². The van der Waals surface area contributed by atoms with E-state index in [1.807, 2.05) is 25.1 Å². The average Bonchev–Trinajstić information content (AvgIpc) is 2.35. The van der Waals surface area contributed by atoms with E-state index in [2.05, 4.69) is 21.2 Å². The van der Waals surface area contributed by atoms with E-state index < -0.39 is 6.10 Å². The van der Waals surface area contributed by atoms with Crippen LogP contribution in [0.15, 0.2) is 22.7 Å². The predicted molar refractivity (Wildman–Crippen MR) is 82.0 cm³/mol. The molecule has 5 heteroatoms. The molecule has 2 rings (SSSR count). The summed E-state index contributed by atoms with van der Waals surface area (Å²) >= 11 is 3.45. The minimum absolute atomic E-state index is 0.117. The number of nitrogens with one attached hydrogen (secondary N) is 1. The molecular weight excluding hydrogens is 322 g/mol. The van der Waals surface area contributed by atoms with Crippen molar-refractivity contribution in [3.63, 3.8) is 0 Å². The highest BCUT2D eigenvalue weighted by Crippen LogP contribution is 2.26. The molecule has 0 bridgehead atoms. The monoisotopic (exact) mass is 343 g/mol. The van der Waals surface area contributed by atoms with Gasteiger partial charge in [0.25, 0.3) is 0 Å². The van der Waals surface area contributed by atoms with Gasteiger partial charge < -0.3 is 20.3 Å². The molecule has 0 heterocycles. The number of aliphatic hydroxyl groups excluding tert-OH is 2. The van der Waals surface area contributed by atoms with Crippen molar-refractivity contribution >= 4 is 15.9 Å². The Hall–Kier alpha value is -0.620. The molecular formula is C15H22BrNO3. The molecule has 0 spiro atoms. The van der Waals surface area contributed by atoms with E-state index in [1.54, 1.807) is 0 Å². The zero-order valence-electron chi connectivity index (χ0n) is 11.7. The van der Waals surface area contributed by atoms with Gasteiger partial charge >= 0.3 is 0 Å². The molecule has 0 aromatic heterocycles. The Morgan fingerprint density at radius 3 is 2.85 bits per heavy atom. The summed E-state index contributed by atoms with van der Waals surface area (Å²) in [5.74, 6) is 1.29. The van der Waals surface area contributed by atoms with E-state index in [9.17, 15) is 10.2 Å². The summed E-state index contributed by atoms with van der Waals surface area (Å²) < 4.78 is 6.50. The molecule has 0 radical (unpaired) electrons. The number of hydrogen-bond acceptors (Lipinski definition) is 4. The maximum Gasteiger partial charge on any atom is 0.133 e. The van der Waals surface area contributed by atoms with Gasteiger partial charge in [0.05, 0.1) is 10.6 Å². The maximum atomic E-state index is 9.86. The van der Waals surface area contributed by atoms with Crippen molar-refractivity contribution in [3.05, 3.63) is 28.2 Å². The zero-order chi connectivity index (χ0) is 14.5. The van der Waals surface area contributed by atoms with Crippen molar-refractivity contribution in [3.8, 4) is 5.75 Å². The predicted octanol–water partition coefficient (Wildman–Crippen LogP) is 1.86. The molecule has 4 nitrogen and oxygen atoms in total. The van der Waals surface area contributed by atoms with E-state index in [0.29, 0.717) is 12.5 Å². The van der Waals surface area contributed by atoms with Gasteiger partial charge in [-0.05, 0) is 65.9 Å². The van der Waals surface area contributed by atoms with Crippen LogP contribution >= 0.6 is 15.9 Å². The van der Waals surface area contributed by atoms with Crippen LogP contribution in [-0.4, -0.2) is 42.1 Å². The molecule has 1 aromatic carbocycles. The summed E-state index contributed by atoms with van der Waals surface area (Å²) in [6.45, 7) is 3.64. The normalized spacial score (nSPS) is 23.2. The Balaban J connectivity index is 1.63. The summed E-state index contributed by atoms with van der Waals surface area (Å²) in [5.41, 5.74) is 1.16. The quantitative estimate of drug-likeness (QED) is 0.707. The standard InChI is InChI=1S/C15H22BrNO3/c1-10-2-3-15(14(16)4-10)20-9-13(19)8-17-7-11-5-12(18)6-11/h2-4,11-13,17-19H,5-9H2,1H3. The van der Waals surface area contributed by atoms with Gasteiger partial charge in [0.15, 0.2) is 0 Å². The fourth-order valence-corrected chi connectivity index (χ4v) is 2.90. The van der Waals surface area contributed by atoms with E-state index in [1.165, 1.54) is 0 Å². The van der Waals surface area contributed by atoms with Crippen LogP contribution < -0.4 is 10.1 Å². The molecule has 112 valence electrons. The molecule has 0 amide bonds. The number of halogens is 1. The lowest BCUT2D eigenvalue weighted by Gasteiger charge is -2.31. The van der Waals surface area contributed by atoms with Crippen molar-refractivity contribution in [2.75, 3.05) is 19.7 Å². The number of aliphatic hydroxyl groups is 2. The highest BCUT2D eigenvalue weighted by molar-refractivity contribution is 9.10. The van der Waals surface area contributed by atoms with E-state index in [0.717, 1.165) is 35.2 Å². The molecule has 0 aliphatic heterocycles. The lowest BCUT2D eigenvalue weighted by Crippen LogP contribution is -2.39. The zero-order valence-corrected chi connectivity index (χ0v) is 13.3. The van der Waals surface area contributed by atoms with Crippen LogP contribution in [0.2, 0.25) is 0 Å². The third-order valence-electron chi connectivity index (χ3n) is 3.54. The second-order valence-electron chi connectivity index (χ2n) is 5.55. The largest absolute Gasteiger partial charge is 0.490 e. The van der Waals surface area contributed by atoms with Gasteiger partial charge in [-0.1, -0.05) is 6.07 Å².